The van der Waals surface area contributed by atoms with Crippen LogP contribution in [0.2, 0.25) is 0 Å². The second-order valence-corrected chi connectivity index (χ2v) is 5.37. The fraction of sp³-hybridized carbons (Fsp3) is 0.375. The van der Waals surface area contributed by atoms with E-state index in [1.54, 1.807) is 31.4 Å². The maximum absolute atomic E-state index is 12.6. The summed E-state index contributed by atoms with van der Waals surface area (Å²) in [6.07, 6.45) is 4.70. The van der Waals surface area contributed by atoms with Crippen molar-refractivity contribution < 1.29 is 14.3 Å². The third kappa shape index (κ3) is 1.83. The number of hydrogen-bond acceptors (Lipinski definition) is 3. The minimum atomic E-state index is -0.213. The number of ether oxygens (including phenoxy) is 1. The molecule has 1 aliphatic heterocycles. The van der Waals surface area contributed by atoms with Crippen LogP contribution in [-0.4, -0.2) is 18.9 Å². The first-order valence-electron chi connectivity index (χ1n) is 6.82. The van der Waals surface area contributed by atoms with E-state index in [2.05, 4.69) is 0 Å². The molecule has 1 aromatic carbocycles. The molecule has 3 rings (SSSR count). The van der Waals surface area contributed by atoms with Crippen LogP contribution in [0.25, 0.3) is 0 Å². The molecular weight excluding hydrogens is 254 g/mol. The predicted octanol–water partition coefficient (Wildman–Crippen LogP) is 2.40. The third-order valence-electron chi connectivity index (χ3n) is 4.20. The van der Waals surface area contributed by atoms with Gasteiger partial charge in [-0.15, -0.1) is 0 Å². The number of hydrogen-bond donors (Lipinski definition) is 0. The van der Waals surface area contributed by atoms with Gasteiger partial charge in [-0.3, -0.25) is 14.5 Å². The zero-order chi connectivity index (χ0) is 14.3. The molecule has 2 amide bonds. The summed E-state index contributed by atoms with van der Waals surface area (Å²) in [5.74, 6) is 0.247. The van der Waals surface area contributed by atoms with Crippen LogP contribution < -0.4 is 9.64 Å². The number of methoxy groups -OCH3 is 1. The number of carbonyl (C=O) groups excluding carboxylic acids is 2. The summed E-state index contributed by atoms with van der Waals surface area (Å²) in [6.45, 7) is 2.00. The maximum Gasteiger partial charge on any atom is 0.238 e. The van der Waals surface area contributed by atoms with Crippen LogP contribution in [0.5, 0.6) is 5.75 Å². The average Bonchev–Trinajstić information content (AvgIpc) is 2.72. The average molecular weight is 271 g/mol. The Morgan fingerprint density at radius 1 is 1.15 bits per heavy atom. The van der Waals surface area contributed by atoms with Crippen molar-refractivity contribution in [2.24, 2.45) is 17.8 Å². The number of benzene rings is 1. The van der Waals surface area contributed by atoms with Crippen LogP contribution in [0.1, 0.15) is 13.3 Å². The first-order valence-corrected chi connectivity index (χ1v) is 6.82. The van der Waals surface area contributed by atoms with Gasteiger partial charge in [-0.05, 0) is 36.6 Å². The normalized spacial score (nSPS) is 28.7. The van der Waals surface area contributed by atoms with E-state index in [0.717, 1.165) is 0 Å². The third-order valence-corrected chi connectivity index (χ3v) is 4.20. The van der Waals surface area contributed by atoms with Crippen molar-refractivity contribution in [3.8, 4) is 5.75 Å². The molecule has 1 aromatic rings. The zero-order valence-corrected chi connectivity index (χ0v) is 11.6. The van der Waals surface area contributed by atoms with Crippen LogP contribution in [0.15, 0.2) is 36.4 Å². The highest BCUT2D eigenvalue weighted by Gasteiger charge is 2.50. The highest BCUT2D eigenvalue weighted by molar-refractivity contribution is 6.22. The van der Waals surface area contributed by atoms with Gasteiger partial charge in [0.15, 0.2) is 0 Å². The SMILES string of the molecule is COc1ccc(N2C(=O)[C@H]3[C@H](CC=C[C@@H]3C)C2=O)cc1. The van der Waals surface area contributed by atoms with Crippen molar-refractivity contribution in [1.82, 2.24) is 0 Å². The Bertz CT molecular complexity index is 576. The minimum Gasteiger partial charge on any atom is -0.497 e. The van der Waals surface area contributed by atoms with Gasteiger partial charge in [0.1, 0.15) is 5.75 Å². The largest absolute Gasteiger partial charge is 0.497 e. The van der Waals surface area contributed by atoms with E-state index in [0.29, 0.717) is 17.9 Å². The quantitative estimate of drug-likeness (QED) is 0.613. The van der Waals surface area contributed by atoms with E-state index in [-0.39, 0.29) is 29.6 Å². The zero-order valence-electron chi connectivity index (χ0n) is 11.6. The van der Waals surface area contributed by atoms with Gasteiger partial charge in [-0.2, -0.15) is 0 Å². The molecule has 0 N–H and O–H groups in total. The molecule has 0 saturated carbocycles. The monoisotopic (exact) mass is 271 g/mol. The van der Waals surface area contributed by atoms with Gasteiger partial charge in [0, 0.05) is 0 Å². The molecule has 20 heavy (non-hydrogen) atoms. The summed E-state index contributed by atoms with van der Waals surface area (Å²) in [5.41, 5.74) is 0.627. The smallest absolute Gasteiger partial charge is 0.238 e. The predicted molar refractivity (Wildman–Crippen MR) is 75.4 cm³/mol. The van der Waals surface area contributed by atoms with Crippen molar-refractivity contribution in [1.29, 1.82) is 0 Å². The molecule has 1 fully saturated rings. The van der Waals surface area contributed by atoms with Crippen LogP contribution >= 0.6 is 0 Å². The van der Waals surface area contributed by atoms with Gasteiger partial charge in [0.05, 0.1) is 24.6 Å². The standard InChI is InChI=1S/C16H17NO3/c1-10-4-3-5-13-14(10)16(19)17(15(13)18)11-6-8-12(20-2)9-7-11/h3-4,6-10,13-14H,5H2,1-2H3/t10-,13-,14+/m0/s1. The van der Waals surface area contributed by atoms with Gasteiger partial charge in [0.2, 0.25) is 11.8 Å². The molecule has 0 spiro atoms. The molecule has 3 atom stereocenters. The molecule has 4 heteroatoms. The van der Waals surface area contributed by atoms with Crippen LogP contribution in [0.3, 0.4) is 0 Å². The van der Waals surface area contributed by atoms with Crippen molar-refractivity contribution >= 4 is 17.5 Å². The summed E-state index contributed by atoms with van der Waals surface area (Å²) in [4.78, 5) is 26.4. The highest BCUT2D eigenvalue weighted by Crippen LogP contribution is 2.40. The molecule has 1 aliphatic carbocycles. The maximum atomic E-state index is 12.6. The van der Waals surface area contributed by atoms with E-state index < -0.39 is 0 Å². The first kappa shape index (κ1) is 12.9. The Kier molecular flexibility index (Phi) is 3.08. The van der Waals surface area contributed by atoms with E-state index in [4.69, 9.17) is 4.74 Å². The number of allylic oxidation sites excluding steroid dienone is 2. The molecule has 104 valence electrons. The van der Waals surface area contributed by atoms with E-state index >= 15 is 0 Å². The molecule has 2 aliphatic rings. The van der Waals surface area contributed by atoms with Crippen molar-refractivity contribution in [2.45, 2.75) is 13.3 Å². The lowest BCUT2D eigenvalue weighted by atomic mass is 9.78. The molecule has 1 heterocycles. The Morgan fingerprint density at radius 3 is 2.45 bits per heavy atom. The number of fused-ring (bicyclic) bond motifs is 1. The molecule has 0 radical (unpaired) electrons. The summed E-state index contributed by atoms with van der Waals surface area (Å²) in [5, 5.41) is 0. The number of anilines is 1. The molecular formula is C16H17NO3. The summed E-state index contributed by atoms with van der Waals surface area (Å²) in [6, 6.07) is 7.03. The van der Waals surface area contributed by atoms with Gasteiger partial charge >= 0.3 is 0 Å². The number of amides is 2. The van der Waals surface area contributed by atoms with Gasteiger partial charge < -0.3 is 4.74 Å². The summed E-state index contributed by atoms with van der Waals surface area (Å²) < 4.78 is 5.10. The second kappa shape index (κ2) is 4.78. The van der Waals surface area contributed by atoms with Crippen molar-refractivity contribution in [3.63, 3.8) is 0 Å². The minimum absolute atomic E-state index is 0.0815. The fourth-order valence-corrected chi connectivity index (χ4v) is 3.13. The Morgan fingerprint density at radius 2 is 1.85 bits per heavy atom. The van der Waals surface area contributed by atoms with Crippen LogP contribution in [0, 0.1) is 17.8 Å². The molecule has 4 nitrogen and oxygen atoms in total. The molecule has 1 saturated heterocycles. The fourth-order valence-electron chi connectivity index (χ4n) is 3.13. The number of nitrogens with zero attached hydrogens (tertiary/aromatic N) is 1. The van der Waals surface area contributed by atoms with Crippen molar-refractivity contribution in [3.05, 3.63) is 36.4 Å². The van der Waals surface area contributed by atoms with Crippen LogP contribution in [-0.2, 0) is 9.59 Å². The molecule has 0 aromatic heterocycles. The number of carbonyl (C=O) groups is 2. The Labute approximate surface area is 118 Å². The van der Waals surface area contributed by atoms with Gasteiger partial charge in [-0.1, -0.05) is 19.1 Å². The second-order valence-electron chi connectivity index (χ2n) is 5.37. The first-order chi connectivity index (χ1) is 9.63. The van der Waals surface area contributed by atoms with Gasteiger partial charge in [0.25, 0.3) is 0 Å². The molecule has 0 bridgehead atoms. The number of rotatable bonds is 2. The Hall–Kier alpha value is -2.10. The van der Waals surface area contributed by atoms with Crippen molar-refractivity contribution in [2.75, 3.05) is 12.0 Å². The molecule has 0 unspecified atom stereocenters. The topological polar surface area (TPSA) is 46.6 Å². The highest BCUT2D eigenvalue weighted by atomic mass is 16.5. The lowest BCUT2D eigenvalue weighted by Crippen LogP contribution is -2.31. The summed E-state index contributed by atoms with van der Waals surface area (Å²) >= 11 is 0. The number of imide groups is 1. The van der Waals surface area contributed by atoms with Crippen LogP contribution in [0.4, 0.5) is 5.69 Å². The van der Waals surface area contributed by atoms with E-state index in [1.165, 1.54) is 4.90 Å². The summed E-state index contributed by atoms with van der Waals surface area (Å²) in [7, 11) is 1.59. The lowest BCUT2D eigenvalue weighted by molar-refractivity contribution is -0.122. The van der Waals surface area contributed by atoms with E-state index in [1.807, 2.05) is 19.1 Å². The van der Waals surface area contributed by atoms with E-state index in [9.17, 15) is 9.59 Å². The lowest BCUT2D eigenvalue weighted by Gasteiger charge is -2.22. The van der Waals surface area contributed by atoms with Gasteiger partial charge in [-0.25, -0.2) is 0 Å². The Balaban J connectivity index is 1.94.